The lowest BCUT2D eigenvalue weighted by atomic mass is 10.0. The van der Waals surface area contributed by atoms with E-state index in [-0.39, 0.29) is 6.04 Å². The van der Waals surface area contributed by atoms with E-state index in [0.29, 0.717) is 11.6 Å². The van der Waals surface area contributed by atoms with Crippen LogP contribution in [0.2, 0.25) is 0 Å². The lowest BCUT2D eigenvalue weighted by molar-refractivity contribution is 0.498. The Morgan fingerprint density at radius 3 is 2.58 bits per heavy atom. The fraction of sp³-hybridized carbons (Fsp3) is 0.471. The van der Waals surface area contributed by atoms with Gasteiger partial charge in [-0.15, -0.1) is 0 Å². The van der Waals surface area contributed by atoms with Gasteiger partial charge in [0.15, 0.2) is 5.65 Å². The van der Waals surface area contributed by atoms with Gasteiger partial charge in [-0.05, 0) is 37.8 Å². The number of aryl methyl sites for hydroxylation is 3. The van der Waals surface area contributed by atoms with Gasteiger partial charge in [0.1, 0.15) is 24.3 Å². The van der Waals surface area contributed by atoms with Crippen molar-refractivity contribution in [3.63, 3.8) is 0 Å². The van der Waals surface area contributed by atoms with Gasteiger partial charge in [-0.3, -0.25) is 4.68 Å². The summed E-state index contributed by atoms with van der Waals surface area (Å²) in [6.07, 6.45) is 4.06. The lowest BCUT2D eigenvalue weighted by Gasteiger charge is -2.21. The number of pyridine rings is 1. The molecule has 7 nitrogen and oxygen atoms in total. The number of rotatable bonds is 5. The van der Waals surface area contributed by atoms with Crippen molar-refractivity contribution in [2.24, 2.45) is 13.0 Å². The molecule has 1 unspecified atom stereocenters. The van der Waals surface area contributed by atoms with Crippen LogP contribution in [0.4, 0.5) is 5.82 Å². The second-order valence-corrected chi connectivity index (χ2v) is 6.57. The van der Waals surface area contributed by atoms with E-state index < -0.39 is 0 Å². The molecule has 0 saturated heterocycles. The minimum absolute atomic E-state index is 0.0244. The summed E-state index contributed by atoms with van der Waals surface area (Å²) in [5, 5.41) is 8.70. The lowest BCUT2D eigenvalue weighted by Crippen LogP contribution is -2.19. The molecule has 0 fully saturated rings. The first-order valence-electron chi connectivity index (χ1n) is 8.15. The van der Waals surface area contributed by atoms with Crippen molar-refractivity contribution in [1.82, 2.24) is 29.7 Å². The Morgan fingerprint density at radius 2 is 1.92 bits per heavy atom. The highest BCUT2D eigenvalue weighted by atomic mass is 15.3. The van der Waals surface area contributed by atoms with Crippen LogP contribution in [0.1, 0.15) is 43.4 Å². The van der Waals surface area contributed by atoms with E-state index >= 15 is 0 Å². The summed E-state index contributed by atoms with van der Waals surface area (Å²) >= 11 is 0. The molecular weight excluding hydrogens is 302 g/mol. The molecule has 0 aromatic carbocycles. The minimum atomic E-state index is 0.0244. The summed E-state index contributed by atoms with van der Waals surface area (Å²) < 4.78 is 1.80. The molecule has 0 saturated carbocycles. The first-order valence-corrected chi connectivity index (χ1v) is 8.15. The third-order valence-corrected chi connectivity index (χ3v) is 4.01. The normalized spacial score (nSPS) is 12.8. The maximum atomic E-state index is 4.52. The summed E-state index contributed by atoms with van der Waals surface area (Å²) in [4.78, 5) is 17.7. The van der Waals surface area contributed by atoms with Crippen LogP contribution >= 0.6 is 0 Å². The summed E-state index contributed by atoms with van der Waals surface area (Å²) in [5.41, 5.74) is 2.78. The highest BCUT2D eigenvalue weighted by Gasteiger charge is 2.20. The van der Waals surface area contributed by atoms with E-state index in [2.05, 4.69) is 57.2 Å². The average molecular weight is 325 g/mol. The van der Waals surface area contributed by atoms with Gasteiger partial charge in [-0.2, -0.15) is 5.10 Å². The van der Waals surface area contributed by atoms with Crippen LogP contribution in [0.5, 0.6) is 0 Å². The van der Waals surface area contributed by atoms with Gasteiger partial charge < -0.3 is 5.32 Å². The van der Waals surface area contributed by atoms with E-state index in [0.717, 1.165) is 34.7 Å². The summed E-state index contributed by atoms with van der Waals surface area (Å²) in [6.45, 7) is 8.42. The fourth-order valence-corrected chi connectivity index (χ4v) is 3.00. The zero-order chi connectivity index (χ0) is 17.3. The third kappa shape index (κ3) is 3.20. The topological polar surface area (TPSA) is 81.4 Å². The van der Waals surface area contributed by atoms with Crippen molar-refractivity contribution in [2.75, 3.05) is 5.32 Å². The van der Waals surface area contributed by atoms with Gasteiger partial charge in [0.2, 0.25) is 0 Å². The van der Waals surface area contributed by atoms with Crippen molar-refractivity contribution in [3.8, 4) is 0 Å². The van der Waals surface area contributed by atoms with Gasteiger partial charge in [-0.1, -0.05) is 13.8 Å². The SMILES string of the molecule is Cc1cc(C)c2c(NC(CC(C)C)c3ncnn3C)ncnc2n1. The Balaban J connectivity index is 2.04. The molecule has 1 N–H and O–H groups in total. The minimum Gasteiger partial charge on any atom is -0.359 e. The van der Waals surface area contributed by atoms with E-state index in [9.17, 15) is 0 Å². The molecule has 3 aromatic rings. The Hall–Kier alpha value is -2.57. The molecule has 0 amide bonds. The number of nitrogens with zero attached hydrogens (tertiary/aromatic N) is 6. The summed E-state index contributed by atoms with van der Waals surface area (Å²) in [7, 11) is 1.91. The van der Waals surface area contributed by atoms with Crippen molar-refractivity contribution < 1.29 is 0 Å². The number of aromatic nitrogens is 6. The Morgan fingerprint density at radius 1 is 1.12 bits per heavy atom. The third-order valence-electron chi connectivity index (χ3n) is 4.01. The highest BCUT2D eigenvalue weighted by Crippen LogP contribution is 2.28. The molecule has 0 radical (unpaired) electrons. The smallest absolute Gasteiger partial charge is 0.165 e. The number of anilines is 1. The molecule has 3 heterocycles. The highest BCUT2D eigenvalue weighted by molar-refractivity contribution is 5.89. The number of fused-ring (bicyclic) bond motifs is 1. The maximum Gasteiger partial charge on any atom is 0.165 e. The van der Waals surface area contributed by atoms with E-state index in [1.54, 1.807) is 17.3 Å². The van der Waals surface area contributed by atoms with E-state index in [1.165, 1.54) is 0 Å². The Bertz CT molecular complexity index is 853. The molecule has 3 rings (SSSR count). The zero-order valence-electron chi connectivity index (χ0n) is 14.8. The largest absolute Gasteiger partial charge is 0.359 e. The van der Waals surface area contributed by atoms with Gasteiger partial charge in [0.25, 0.3) is 0 Å². The molecule has 7 heteroatoms. The number of hydrogen-bond donors (Lipinski definition) is 1. The van der Waals surface area contributed by atoms with Crippen molar-refractivity contribution >= 4 is 16.9 Å². The molecule has 0 aliphatic carbocycles. The number of nitrogens with one attached hydrogen (secondary N) is 1. The quantitative estimate of drug-likeness (QED) is 0.776. The number of hydrogen-bond acceptors (Lipinski definition) is 6. The monoisotopic (exact) mass is 325 g/mol. The van der Waals surface area contributed by atoms with Gasteiger partial charge in [-0.25, -0.2) is 19.9 Å². The average Bonchev–Trinajstić information content (AvgIpc) is 2.91. The molecule has 24 heavy (non-hydrogen) atoms. The van der Waals surface area contributed by atoms with Crippen molar-refractivity contribution in [2.45, 2.75) is 40.2 Å². The summed E-state index contributed by atoms with van der Waals surface area (Å²) in [6, 6.07) is 2.08. The van der Waals surface area contributed by atoms with E-state index in [1.807, 2.05) is 14.0 Å². The van der Waals surface area contributed by atoms with Crippen LogP contribution in [0, 0.1) is 19.8 Å². The first-order chi connectivity index (χ1) is 11.5. The van der Waals surface area contributed by atoms with Crippen molar-refractivity contribution in [3.05, 3.63) is 35.8 Å². The van der Waals surface area contributed by atoms with Gasteiger partial charge in [0, 0.05) is 12.7 Å². The molecule has 0 aliphatic heterocycles. The standard InChI is InChI=1S/C17H23N7/c1-10(2)6-13(17-20-9-21-24(17)5)23-16-14-11(3)7-12(4)22-15(14)18-8-19-16/h7-10,13H,6H2,1-5H3,(H,18,19,22,23). The van der Waals surface area contributed by atoms with Crippen LogP contribution in [0.3, 0.4) is 0 Å². The van der Waals surface area contributed by atoms with Crippen LogP contribution in [0.15, 0.2) is 18.7 Å². The summed E-state index contributed by atoms with van der Waals surface area (Å²) in [5.74, 6) is 2.20. The molecule has 0 bridgehead atoms. The molecule has 0 aliphatic rings. The second kappa shape index (κ2) is 6.51. The predicted molar refractivity (Wildman–Crippen MR) is 93.6 cm³/mol. The second-order valence-electron chi connectivity index (χ2n) is 6.57. The molecule has 1 atom stereocenters. The maximum absolute atomic E-state index is 4.52. The molecule has 126 valence electrons. The van der Waals surface area contributed by atoms with Crippen LogP contribution in [-0.4, -0.2) is 29.7 Å². The predicted octanol–water partition coefficient (Wildman–Crippen LogP) is 2.97. The van der Waals surface area contributed by atoms with Crippen LogP contribution in [0.25, 0.3) is 11.0 Å². The zero-order valence-corrected chi connectivity index (χ0v) is 14.8. The van der Waals surface area contributed by atoms with Gasteiger partial charge in [0.05, 0.1) is 11.4 Å². The molecular formula is C17H23N7. The van der Waals surface area contributed by atoms with Crippen LogP contribution < -0.4 is 5.32 Å². The van der Waals surface area contributed by atoms with E-state index in [4.69, 9.17) is 0 Å². The Kier molecular flexibility index (Phi) is 4.42. The molecule has 0 spiro atoms. The van der Waals surface area contributed by atoms with Crippen molar-refractivity contribution in [1.29, 1.82) is 0 Å². The molecule has 3 aromatic heterocycles. The fourth-order valence-electron chi connectivity index (χ4n) is 3.00. The van der Waals surface area contributed by atoms with Crippen LogP contribution in [-0.2, 0) is 7.05 Å². The Labute approximate surface area is 141 Å². The van der Waals surface area contributed by atoms with Gasteiger partial charge >= 0.3 is 0 Å². The first kappa shape index (κ1) is 16.3.